The molecule has 1 aromatic carbocycles. The number of nitrogens with one attached hydrogen (secondary N) is 1. The van der Waals surface area contributed by atoms with E-state index in [9.17, 15) is 4.79 Å². The molecule has 0 aliphatic carbocycles. The summed E-state index contributed by atoms with van der Waals surface area (Å²) >= 11 is 5.77. The van der Waals surface area contributed by atoms with Crippen LogP contribution < -0.4 is 5.32 Å². The van der Waals surface area contributed by atoms with Gasteiger partial charge in [0.2, 0.25) is 0 Å². The van der Waals surface area contributed by atoms with Crippen LogP contribution in [-0.4, -0.2) is 19.6 Å². The summed E-state index contributed by atoms with van der Waals surface area (Å²) in [5, 5.41) is 11.9. The van der Waals surface area contributed by atoms with Gasteiger partial charge in [0.15, 0.2) is 0 Å². The number of ether oxygens (including phenoxy) is 1. The first kappa shape index (κ1) is 13.2. The number of hydrogen-bond acceptors (Lipinski definition) is 3. The van der Waals surface area contributed by atoms with E-state index in [1.54, 1.807) is 24.3 Å². The molecule has 0 bridgehead atoms. The number of hydrogen-bond donors (Lipinski definition) is 1. The summed E-state index contributed by atoms with van der Waals surface area (Å²) in [6.07, 6.45) is 1.42. The van der Waals surface area contributed by atoms with Crippen molar-refractivity contribution in [2.24, 2.45) is 0 Å². The van der Waals surface area contributed by atoms with Crippen LogP contribution in [0.15, 0.2) is 35.9 Å². The van der Waals surface area contributed by atoms with Crippen LogP contribution >= 0.6 is 11.6 Å². The highest BCUT2D eigenvalue weighted by molar-refractivity contribution is 6.31. The molecule has 0 unspecified atom stereocenters. The maximum atomic E-state index is 11.7. The van der Waals surface area contributed by atoms with Gasteiger partial charge in [0.1, 0.15) is 11.6 Å². The molecule has 4 nitrogen and oxygen atoms in total. The van der Waals surface area contributed by atoms with Crippen molar-refractivity contribution in [3.63, 3.8) is 0 Å². The highest BCUT2D eigenvalue weighted by Gasteiger charge is 2.08. The van der Waals surface area contributed by atoms with Crippen molar-refractivity contribution >= 4 is 23.2 Å². The smallest absolute Gasteiger partial charge is 0.266 e. The predicted octanol–water partition coefficient (Wildman–Crippen LogP) is 2.37. The van der Waals surface area contributed by atoms with Gasteiger partial charge in [-0.25, -0.2) is 0 Å². The molecule has 0 spiro atoms. The fourth-order valence-corrected chi connectivity index (χ4v) is 1.31. The number of carbonyl (C=O) groups is 1. The summed E-state index contributed by atoms with van der Waals surface area (Å²) in [4.78, 5) is 11.7. The summed E-state index contributed by atoms with van der Waals surface area (Å²) in [5.41, 5.74) is 0.549. The first-order valence-corrected chi connectivity index (χ1v) is 5.21. The molecule has 88 valence electrons. The van der Waals surface area contributed by atoms with Gasteiger partial charge in [0, 0.05) is 17.8 Å². The minimum absolute atomic E-state index is 0.00632. The Morgan fingerprint density at radius 1 is 1.65 bits per heavy atom. The summed E-state index contributed by atoms with van der Waals surface area (Å²) in [6, 6.07) is 8.51. The van der Waals surface area contributed by atoms with E-state index in [1.807, 2.05) is 6.07 Å². The molecule has 1 aromatic rings. The molecule has 0 heterocycles. The highest BCUT2D eigenvalue weighted by Crippen LogP contribution is 2.15. The molecule has 0 aromatic heterocycles. The monoisotopic (exact) mass is 250 g/mol. The lowest BCUT2D eigenvalue weighted by Crippen LogP contribution is -2.14. The van der Waals surface area contributed by atoms with Crippen LogP contribution in [0, 0.1) is 11.3 Å². The van der Waals surface area contributed by atoms with Crippen LogP contribution in [-0.2, 0) is 9.53 Å². The van der Waals surface area contributed by atoms with Gasteiger partial charge in [-0.2, -0.15) is 5.26 Å². The third-order valence-corrected chi connectivity index (χ3v) is 2.14. The van der Waals surface area contributed by atoms with Crippen LogP contribution in [0.25, 0.3) is 0 Å². The second-order valence-electron chi connectivity index (χ2n) is 3.15. The van der Waals surface area contributed by atoms with E-state index < -0.39 is 5.91 Å². The van der Waals surface area contributed by atoms with Crippen molar-refractivity contribution in [3.05, 3.63) is 40.9 Å². The average Bonchev–Trinajstić information content (AvgIpc) is 2.30. The Labute approximate surface area is 104 Å². The molecule has 0 fully saturated rings. The van der Waals surface area contributed by atoms with Gasteiger partial charge >= 0.3 is 0 Å². The third kappa shape index (κ3) is 4.27. The Hall–Kier alpha value is -1.83. The quantitative estimate of drug-likeness (QED) is 0.659. The molecular weight excluding hydrogens is 240 g/mol. The fraction of sp³-hybridized carbons (Fsp3) is 0.167. The topological polar surface area (TPSA) is 62.1 Å². The van der Waals surface area contributed by atoms with Gasteiger partial charge in [-0.15, -0.1) is 0 Å². The lowest BCUT2D eigenvalue weighted by molar-refractivity contribution is -0.112. The summed E-state index contributed by atoms with van der Waals surface area (Å²) in [5.74, 6) is -0.480. The number of amides is 1. The van der Waals surface area contributed by atoms with Crippen molar-refractivity contribution in [2.45, 2.75) is 0 Å². The highest BCUT2D eigenvalue weighted by atomic mass is 35.5. The SMILES string of the molecule is COCC=C(C#N)C(=O)Nc1cccc(Cl)c1. The van der Waals surface area contributed by atoms with Crippen molar-refractivity contribution in [3.8, 4) is 6.07 Å². The summed E-state index contributed by atoms with van der Waals surface area (Å²) in [7, 11) is 1.49. The molecule has 17 heavy (non-hydrogen) atoms. The molecule has 0 aliphatic rings. The Bertz CT molecular complexity index is 478. The van der Waals surface area contributed by atoms with E-state index in [4.69, 9.17) is 21.6 Å². The van der Waals surface area contributed by atoms with E-state index in [2.05, 4.69) is 5.32 Å². The maximum Gasteiger partial charge on any atom is 0.266 e. The molecule has 1 rings (SSSR count). The summed E-state index contributed by atoms with van der Waals surface area (Å²) < 4.78 is 4.77. The van der Waals surface area contributed by atoms with E-state index in [-0.39, 0.29) is 12.2 Å². The summed E-state index contributed by atoms with van der Waals surface area (Å²) in [6.45, 7) is 0.214. The zero-order valence-electron chi connectivity index (χ0n) is 9.24. The Balaban J connectivity index is 2.75. The second-order valence-corrected chi connectivity index (χ2v) is 3.59. The van der Waals surface area contributed by atoms with E-state index in [0.717, 1.165) is 0 Å². The Morgan fingerprint density at radius 3 is 3.00 bits per heavy atom. The molecule has 0 atom stereocenters. The molecular formula is C12H11ClN2O2. The third-order valence-electron chi connectivity index (χ3n) is 1.90. The number of anilines is 1. The fourth-order valence-electron chi connectivity index (χ4n) is 1.12. The molecule has 1 amide bonds. The zero-order chi connectivity index (χ0) is 12.7. The zero-order valence-corrected chi connectivity index (χ0v) is 9.99. The van der Waals surface area contributed by atoms with Crippen molar-refractivity contribution in [1.82, 2.24) is 0 Å². The number of nitrogens with zero attached hydrogens (tertiary/aromatic N) is 1. The number of carbonyl (C=O) groups excluding carboxylic acids is 1. The molecule has 0 aliphatic heterocycles. The molecule has 0 saturated heterocycles. The number of halogens is 1. The van der Waals surface area contributed by atoms with Gasteiger partial charge in [-0.1, -0.05) is 17.7 Å². The number of methoxy groups -OCH3 is 1. The van der Waals surface area contributed by atoms with Crippen LogP contribution in [0.5, 0.6) is 0 Å². The van der Waals surface area contributed by atoms with Gasteiger partial charge in [-0.3, -0.25) is 4.79 Å². The largest absolute Gasteiger partial charge is 0.381 e. The lowest BCUT2D eigenvalue weighted by atomic mass is 10.2. The normalized spacial score (nSPS) is 10.8. The van der Waals surface area contributed by atoms with E-state index >= 15 is 0 Å². The Kier molecular flexibility index (Phi) is 5.21. The van der Waals surface area contributed by atoms with E-state index in [0.29, 0.717) is 10.7 Å². The van der Waals surface area contributed by atoms with Gasteiger partial charge in [0.05, 0.1) is 6.61 Å². The Morgan fingerprint density at radius 2 is 2.41 bits per heavy atom. The molecule has 5 heteroatoms. The van der Waals surface area contributed by atoms with Crippen LogP contribution in [0.1, 0.15) is 0 Å². The standard InChI is InChI=1S/C12H11ClN2O2/c1-17-6-5-9(8-14)12(16)15-11-4-2-3-10(13)7-11/h2-5,7H,6H2,1H3,(H,15,16). The van der Waals surface area contributed by atoms with Crippen LogP contribution in [0.2, 0.25) is 5.02 Å². The van der Waals surface area contributed by atoms with Crippen LogP contribution in [0.3, 0.4) is 0 Å². The lowest BCUT2D eigenvalue weighted by Gasteiger charge is -2.04. The minimum atomic E-state index is -0.480. The molecule has 1 N–H and O–H groups in total. The molecule has 0 radical (unpaired) electrons. The first-order chi connectivity index (χ1) is 8.17. The van der Waals surface area contributed by atoms with E-state index in [1.165, 1.54) is 13.2 Å². The maximum absolute atomic E-state index is 11.7. The van der Waals surface area contributed by atoms with Crippen molar-refractivity contribution < 1.29 is 9.53 Å². The first-order valence-electron chi connectivity index (χ1n) is 4.83. The van der Waals surface area contributed by atoms with Crippen LogP contribution in [0.4, 0.5) is 5.69 Å². The minimum Gasteiger partial charge on any atom is -0.381 e. The number of rotatable bonds is 4. The van der Waals surface area contributed by atoms with Crippen molar-refractivity contribution in [2.75, 3.05) is 19.0 Å². The average molecular weight is 251 g/mol. The van der Waals surface area contributed by atoms with Gasteiger partial charge < -0.3 is 10.1 Å². The number of benzene rings is 1. The predicted molar refractivity (Wildman–Crippen MR) is 65.7 cm³/mol. The number of nitriles is 1. The molecule has 0 saturated carbocycles. The van der Waals surface area contributed by atoms with Gasteiger partial charge in [-0.05, 0) is 24.3 Å². The van der Waals surface area contributed by atoms with Gasteiger partial charge in [0.25, 0.3) is 5.91 Å². The van der Waals surface area contributed by atoms with Crippen molar-refractivity contribution in [1.29, 1.82) is 5.26 Å². The second kappa shape index (κ2) is 6.69.